The number of nitrogens with zero attached hydrogens (tertiary/aromatic N) is 1. The smallest absolute Gasteiger partial charge is 0.336 e. The summed E-state index contributed by atoms with van der Waals surface area (Å²) in [6, 6.07) is 10.6. The van der Waals surface area contributed by atoms with Crippen molar-refractivity contribution >= 4 is 52.2 Å². The second kappa shape index (κ2) is 24.7. The monoisotopic (exact) mass is 804 g/mol. The highest BCUT2D eigenvalue weighted by atomic mass is 16.4. The molecular weight excluding hydrogens is 745 g/mol. The van der Waals surface area contributed by atoms with Crippen LogP contribution in [0.15, 0.2) is 68.8 Å². The zero-order chi connectivity index (χ0) is 42.5. The molecule has 5 amide bonds. The molecule has 17 nitrogen and oxygen atoms in total. The van der Waals surface area contributed by atoms with Gasteiger partial charge in [0.25, 0.3) is 5.91 Å². The molecule has 3 aromatic rings. The first kappa shape index (κ1) is 46.6. The van der Waals surface area contributed by atoms with E-state index in [4.69, 9.17) is 27.4 Å². The van der Waals surface area contributed by atoms with E-state index < -0.39 is 59.3 Å². The minimum atomic E-state index is -1.10. The van der Waals surface area contributed by atoms with Crippen LogP contribution < -0.4 is 55.1 Å². The summed E-state index contributed by atoms with van der Waals surface area (Å²) in [7, 11) is 0. The SMILES string of the molecule is CCCC[C@H](NC(=O)c1ccccc1)C(=O)N[C@@H](CCCCN)C(=O)N[C@@H](CCCCN)C(=O)N[C@@H](CCCN=C(N)N)C(=O)Nc1ccc2c(C)cc(=O)oc2c1. The van der Waals surface area contributed by atoms with Gasteiger partial charge in [0.05, 0.1) is 0 Å². The van der Waals surface area contributed by atoms with Crippen LogP contribution in [-0.2, 0) is 19.2 Å². The number of aryl methyl sites for hydroxylation is 1. The molecule has 0 aliphatic rings. The first-order valence-corrected chi connectivity index (χ1v) is 19.9. The van der Waals surface area contributed by atoms with E-state index in [1.165, 1.54) is 12.1 Å². The average molecular weight is 805 g/mol. The maximum absolute atomic E-state index is 14.0. The fourth-order valence-electron chi connectivity index (χ4n) is 6.25. The molecule has 0 aliphatic heterocycles. The number of fused-ring (bicyclic) bond motifs is 1. The summed E-state index contributed by atoms with van der Waals surface area (Å²) < 4.78 is 5.33. The molecular formula is C41H60N10O7. The molecule has 0 bridgehead atoms. The number of rotatable bonds is 25. The molecule has 1 heterocycles. The number of carbonyl (C=O) groups excluding carboxylic acids is 5. The minimum absolute atomic E-state index is 0.121. The van der Waals surface area contributed by atoms with E-state index >= 15 is 0 Å². The van der Waals surface area contributed by atoms with Crippen molar-refractivity contribution in [3.63, 3.8) is 0 Å². The molecule has 0 aliphatic carbocycles. The summed E-state index contributed by atoms with van der Waals surface area (Å²) in [6.45, 7) is 4.66. The van der Waals surface area contributed by atoms with Gasteiger partial charge in [-0.25, -0.2) is 4.79 Å². The van der Waals surface area contributed by atoms with E-state index in [0.717, 1.165) is 6.42 Å². The Hall–Kier alpha value is -5.81. The third-order valence-electron chi connectivity index (χ3n) is 9.46. The van der Waals surface area contributed by atoms with Crippen LogP contribution in [0.1, 0.15) is 93.5 Å². The lowest BCUT2D eigenvalue weighted by molar-refractivity contribution is -0.133. The van der Waals surface area contributed by atoms with Crippen LogP contribution in [0.2, 0.25) is 0 Å². The number of nitrogens with one attached hydrogen (secondary N) is 5. The van der Waals surface area contributed by atoms with Gasteiger partial charge in [-0.15, -0.1) is 0 Å². The Bertz CT molecular complexity index is 1900. The Morgan fingerprint density at radius 2 is 1.21 bits per heavy atom. The normalized spacial score (nSPS) is 13.0. The number of nitrogens with two attached hydrogens (primary N) is 4. The largest absolute Gasteiger partial charge is 0.423 e. The first-order valence-electron chi connectivity index (χ1n) is 19.9. The van der Waals surface area contributed by atoms with Crippen molar-refractivity contribution in [3.8, 4) is 0 Å². The van der Waals surface area contributed by atoms with Crippen LogP contribution in [0, 0.1) is 6.92 Å². The van der Waals surface area contributed by atoms with Gasteiger partial charge in [-0.05, 0) is 108 Å². The van der Waals surface area contributed by atoms with E-state index in [1.54, 1.807) is 49.4 Å². The van der Waals surface area contributed by atoms with Gasteiger partial charge in [0.15, 0.2) is 5.96 Å². The number of amides is 5. The number of aliphatic imine (C=N–C) groups is 1. The first-order chi connectivity index (χ1) is 27.9. The van der Waals surface area contributed by atoms with Crippen LogP contribution in [-0.4, -0.2) is 79.3 Å². The molecule has 58 heavy (non-hydrogen) atoms. The fraction of sp³-hybridized carbons (Fsp3) is 0.488. The van der Waals surface area contributed by atoms with Crippen LogP contribution in [0.4, 0.5) is 5.69 Å². The summed E-state index contributed by atoms with van der Waals surface area (Å²) in [5.74, 6) is -2.88. The van der Waals surface area contributed by atoms with E-state index in [1.807, 2.05) is 6.92 Å². The number of hydrogen-bond acceptors (Lipinski definition) is 10. The van der Waals surface area contributed by atoms with Crippen molar-refractivity contribution in [2.24, 2.45) is 27.9 Å². The molecule has 13 N–H and O–H groups in total. The molecule has 2 aromatic carbocycles. The molecule has 0 spiro atoms. The van der Waals surface area contributed by atoms with Gasteiger partial charge in [0.1, 0.15) is 29.8 Å². The molecule has 17 heteroatoms. The molecule has 0 radical (unpaired) electrons. The van der Waals surface area contributed by atoms with Gasteiger partial charge in [-0.2, -0.15) is 0 Å². The number of benzene rings is 2. The average Bonchev–Trinajstić information content (AvgIpc) is 3.19. The van der Waals surface area contributed by atoms with Gasteiger partial charge in [0, 0.05) is 35.3 Å². The van der Waals surface area contributed by atoms with Crippen LogP contribution in [0.5, 0.6) is 0 Å². The molecule has 316 valence electrons. The van der Waals surface area contributed by atoms with Gasteiger partial charge >= 0.3 is 5.63 Å². The Kier molecular flexibility index (Phi) is 19.9. The Balaban J connectivity index is 1.84. The Morgan fingerprint density at radius 3 is 1.76 bits per heavy atom. The third-order valence-corrected chi connectivity index (χ3v) is 9.46. The molecule has 4 atom stereocenters. The highest BCUT2D eigenvalue weighted by Gasteiger charge is 2.31. The second-order valence-electron chi connectivity index (χ2n) is 14.2. The van der Waals surface area contributed by atoms with Crippen LogP contribution >= 0.6 is 0 Å². The summed E-state index contributed by atoms with van der Waals surface area (Å²) in [6.07, 6.45) is 4.78. The maximum Gasteiger partial charge on any atom is 0.336 e. The van der Waals surface area contributed by atoms with Gasteiger partial charge < -0.3 is 53.9 Å². The second-order valence-corrected chi connectivity index (χ2v) is 14.2. The van der Waals surface area contributed by atoms with Gasteiger partial charge in [-0.1, -0.05) is 38.0 Å². The summed E-state index contributed by atoms with van der Waals surface area (Å²) in [4.78, 5) is 84.5. The number of unbranched alkanes of at least 4 members (excludes halogenated alkanes) is 3. The van der Waals surface area contributed by atoms with E-state index in [0.29, 0.717) is 80.2 Å². The van der Waals surface area contributed by atoms with Crippen molar-refractivity contribution in [1.82, 2.24) is 21.3 Å². The lowest BCUT2D eigenvalue weighted by Gasteiger charge is -2.27. The van der Waals surface area contributed by atoms with Crippen molar-refractivity contribution in [3.05, 3.63) is 76.1 Å². The number of carbonyl (C=O) groups is 5. The standard InChI is InChI=1S/C41H60N10O7/c1-3-4-15-30(48-36(53)27-13-6-5-7-14-27)38(55)49-31(16-8-10-21-42)39(56)50-32(17-9-11-22-43)40(57)51-33(18-12-23-46-41(44)45)37(54)47-28-19-20-29-26(2)24-35(52)58-34(29)25-28/h5-7,13-14,19-20,24-25,30-33H,3-4,8-12,15-18,21-23,42-43H2,1-2H3,(H,47,54)(H,48,53)(H,49,55)(H,50,56)(H,51,57)(H4,44,45,46)/t30-,31-,32-,33-/m0/s1. The zero-order valence-corrected chi connectivity index (χ0v) is 33.5. The zero-order valence-electron chi connectivity index (χ0n) is 33.5. The number of anilines is 1. The summed E-state index contributed by atoms with van der Waals surface area (Å²) in [5.41, 5.74) is 23.6. The predicted octanol–water partition coefficient (Wildman–Crippen LogP) is 1.79. The highest BCUT2D eigenvalue weighted by molar-refractivity contribution is 6.01. The number of guanidine groups is 1. The van der Waals surface area contributed by atoms with E-state index in [9.17, 15) is 28.8 Å². The van der Waals surface area contributed by atoms with Crippen LogP contribution in [0.3, 0.4) is 0 Å². The minimum Gasteiger partial charge on any atom is -0.423 e. The molecule has 0 unspecified atom stereocenters. The highest BCUT2D eigenvalue weighted by Crippen LogP contribution is 2.21. The lowest BCUT2D eigenvalue weighted by Crippen LogP contribution is -2.58. The summed E-state index contributed by atoms with van der Waals surface area (Å²) >= 11 is 0. The maximum atomic E-state index is 14.0. The molecule has 1 aromatic heterocycles. The molecule has 0 fully saturated rings. The summed E-state index contributed by atoms with van der Waals surface area (Å²) in [5, 5.41) is 14.7. The predicted molar refractivity (Wildman–Crippen MR) is 225 cm³/mol. The molecule has 0 saturated carbocycles. The van der Waals surface area contributed by atoms with Crippen molar-refractivity contribution in [2.75, 3.05) is 25.0 Å². The Labute approximate surface area is 338 Å². The van der Waals surface area contributed by atoms with E-state index in [-0.39, 0.29) is 37.3 Å². The van der Waals surface area contributed by atoms with E-state index in [2.05, 4.69) is 31.6 Å². The number of hydrogen-bond donors (Lipinski definition) is 9. The molecule has 0 saturated heterocycles. The lowest BCUT2D eigenvalue weighted by atomic mass is 10.0. The Morgan fingerprint density at radius 1 is 0.672 bits per heavy atom. The fourth-order valence-corrected chi connectivity index (χ4v) is 6.25. The topological polar surface area (TPSA) is 292 Å². The van der Waals surface area contributed by atoms with Crippen molar-refractivity contribution < 1.29 is 28.4 Å². The quantitative estimate of drug-likeness (QED) is 0.0258. The third kappa shape index (κ3) is 15.6. The van der Waals surface area contributed by atoms with Crippen molar-refractivity contribution in [2.45, 2.75) is 109 Å². The van der Waals surface area contributed by atoms with Crippen LogP contribution in [0.25, 0.3) is 11.0 Å². The van der Waals surface area contributed by atoms with Gasteiger partial charge in [0.2, 0.25) is 23.6 Å². The molecule has 3 rings (SSSR count). The van der Waals surface area contributed by atoms with Gasteiger partial charge in [-0.3, -0.25) is 29.0 Å². The van der Waals surface area contributed by atoms with Crippen molar-refractivity contribution in [1.29, 1.82) is 0 Å².